The molecule has 3 heteroatoms. The van der Waals surface area contributed by atoms with Crippen LogP contribution in [0.2, 0.25) is 0 Å². The van der Waals surface area contributed by atoms with Crippen molar-refractivity contribution in [3.05, 3.63) is 51.7 Å². The van der Waals surface area contributed by atoms with E-state index in [9.17, 15) is 0 Å². The fraction of sp³-hybridized carbons (Fsp3) is 0.375. The number of hydrogen-bond donors (Lipinski definition) is 1. The Morgan fingerprint density at radius 2 is 2.00 bits per heavy atom. The van der Waals surface area contributed by atoms with Crippen LogP contribution in [0.25, 0.3) is 0 Å². The second-order valence-corrected chi connectivity index (χ2v) is 6.20. The van der Waals surface area contributed by atoms with Gasteiger partial charge in [-0.2, -0.15) is 0 Å². The quantitative estimate of drug-likeness (QED) is 0.921. The molecule has 2 aromatic rings. The van der Waals surface area contributed by atoms with Gasteiger partial charge in [-0.05, 0) is 30.2 Å². The molecule has 1 aliphatic heterocycles. The Morgan fingerprint density at radius 1 is 1.16 bits per heavy atom. The number of para-hydroxylation sites is 1. The van der Waals surface area contributed by atoms with Gasteiger partial charge in [0.15, 0.2) is 0 Å². The van der Waals surface area contributed by atoms with Gasteiger partial charge in [-0.25, -0.2) is 0 Å². The molecule has 0 bridgehead atoms. The molecular weight excluding hydrogens is 252 g/mol. The maximum Gasteiger partial charge on any atom is 0.0523 e. The van der Waals surface area contributed by atoms with Gasteiger partial charge in [-0.1, -0.05) is 25.1 Å². The molecule has 0 spiro atoms. The average molecular weight is 272 g/mol. The summed E-state index contributed by atoms with van der Waals surface area (Å²) in [5.74, 6) is 0. The van der Waals surface area contributed by atoms with E-state index in [2.05, 4.69) is 53.5 Å². The number of anilines is 1. The summed E-state index contributed by atoms with van der Waals surface area (Å²) in [6, 6.07) is 13.3. The van der Waals surface area contributed by atoms with E-state index in [1.54, 1.807) is 0 Å². The summed E-state index contributed by atoms with van der Waals surface area (Å²) in [5, 5.41) is 3.50. The highest BCUT2D eigenvalue weighted by Crippen LogP contribution is 2.26. The molecule has 2 heterocycles. The van der Waals surface area contributed by atoms with Crippen LogP contribution in [0.1, 0.15) is 22.2 Å². The molecule has 19 heavy (non-hydrogen) atoms. The van der Waals surface area contributed by atoms with Crippen molar-refractivity contribution >= 4 is 17.0 Å². The SMILES string of the molecule is CCc1ccc(CN2CCNCc3ccccc32)s1. The topological polar surface area (TPSA) is 15.3 Å². The molecule has 3 rings (SSSR count). The lowest BCUT2D eigenvalue weighted by atomic mass is 10.1. The van der Waals surface area contributed by atoms with Gasteiger partial charge in [0.2, 0.25) is 0 Å². The molecule has 0 saturated carbocycles. The van der Waals surface area contributed by atoms with Crippen LogP contribution in [-0.2, 0) is 19.5 Å². The Hall–Kier alpha value is -1.32. The zero-order valence-electron chi connectivity index (χ0n) is 11.4. The fourth-order valence-corrected chi connectivity index (χ4v) is 3.55. The third kappa shape index (κ3) is 2.82. The Labute approximate surface area is 119 Å². The van der Waals surface area contributed by atoms with Gasteiger partial charge < -0.3 is 10.2 Å². The molecule has 1 aromatic heterocycles. The number of rotatable bonds is 3. The molecule has 100 valence electrons. The molecule has 1 aromatic carbocycles. The van der Waals surface area contributed by atoms with Crippen molar-refractivity contribution in [1.29, 1.82) is 0 Å². The number of thiophene rings is 1. The predicted molar refractivity (Wildman–Crippen MR) is 82.9 cm³/mol. The van der Waals surface area contributed by atoms with Crippen LogP contribution in [0.4, 0.5) is 5.69 Å². The Balaban J connectivity index is 1.83. The molecule has 0 saturated heterocycles. The van der Waals surface area contributed by atoms with E-state index in [0.29, 0.717) is 0 Å². The third-order valence-electron chi connectivity index (χ3n) is 3.62. The normalized spacial score (nSPS) is 15.1. The first kappa shape index (κ1) is 12.7. The second kappa shape index (κ2) is 5.76. The van der Waals surface area contributed by atoms with Gasteiger partial charge >= 0.3 is 0 Å². The molecule has 1 N–H and O–H groups in total. The van der Waals surface area contributed by atoms with E-state index >= 15 is 0 Å². The summed E-state index contributed by atoms with van der Waals surface area (Å²) < 4.78 is 0. The summed E-state index contributed by atoms with van der Waals surface area (Å²) in [5.41, 5.74) is 2.80. The lowest BCUT2D eigenvalue weighted by molar-refractivity contribution is 0.690. The number of nitrogens with zero attached hydrogens (tertiary/aromatic N) is 1. The smallest absolute Gasteiger partial charge is 0.0523 e. The zero-order chi connectivity index (χ0) is 13.1. The predicted octanol–water partition coefficient (Wildman–Crippen LogP) is 3.42. The first-order valence-corrected chi connectivity index (χ1v) is 7.79. The number of fused-ring (bicyclic) bond motifs is 1. The van der Waals surface area contributed by atoms with Crippen LogP contribution >= 0.6 is 11.3 Å². The minimum absolute atomic E-state index is 0.983. The van der Waals surface area contributed by atoms with E-state index in [0.717, 1.165) is 32.6 Å². The zero-order valence-corrected chi connectivity index (χ0v) is 12.2. The Kier molecular flexibility index (Phi) is 3.85. The largest absolute Gasteiger partial charge is 0.365 e. The van der Waals surface area contributed by atoms with Crippen LogP contribution in [0, 0.1) is 0 Å². The Morgan fingerprint density at radius 3 is 2.84 bits per heavy atom. The van der Waals surface area contributed by atoms with Gasteiger partial charge in [-0.15, -0.1) is 11.3 Å². The van der Waals surface area contributed by atoms with Crippen LogP contribution in [-0.4, -0.2) is 13.1 Å². The summed E-state index contributed by atoms with van der Waals surface area (Å²) >= 11 is 1.95. The molecule has 0 amide bonds. The van der Waals surface area contributed by atoms with Gasteiger partial charge in [0, 0.05) is 35.1 Å². The van der Waals surface area contributed by atoms with Crippen molar-refractivity contribution in [1.82, 2.24) is 5.32 Å². The number of benzene rings is 1. The van der Waals surface area contributed by atoms with Crippen molar-refractivity contribution in [2.75, 3.05) is 18.0 Å². The number of aryl methyl sites for hydroxylation is 1. The molecule has 0 radical (unpaired) electrons. The molecule has 0 unspecified atom stereocenters. The number of hydrogen-bond acceptors (Lipinski definition) is 3. The minimum Gasteiger partial charge on any atom is -0.365 e. The first-order chi connectivity index (χ1) is 9.36. The van der Waals surface area contributed by atoms with Crippen molar-refractivity contribution in [2.45, 2.75) is 26.4 Å². The van der Waals surface area contributed by atoms with Gasteiger partial charge in [-0.3, -0.25) is 0 Å². The summed E-state index contributed by atoms with van der Waals surface area (Å²) in [7, 11) is 0. The minimum atomic E-state index is 0.983. The first-order valence-electron chi connectivity index (χ1n) is 6.98. The standard InChI is InChI=1S/C16H20N2S/c1-2-14-7-8-15(19-14)12-18-10-9-17-11-13-5-3-4-6-16(13)18/h3-8,17H,2,9-12H2,1H3. The van der Waals surface area contributed by atoms with Crippen LogP contribution in [0.15, 0.2) is 36.4 Å². The highest BCUT2D eigenvalue weighted by atomic mass is 32.1. The molecule has 0 aliphatic carbocycles. The van der Waals surface area contributed by atoms with Crippen molar-refractivity contribution in [3.8, 4) is 0 Å². The second-order valence-electron chi connectivity index (χ2n) is 4.95. The summed E-state index contributed by atoms with van der Waals surface area (Å²) in [4.78, 5) is 5.45. The monoisotopic (exact) mass is 272 g/mol. The maximum absolute atomic E-state index is 3.50. The van der Waals surface area contributed by atoms with Crippen LogP contribution < -0.4 is 10.2 Å². The molecule has 0 atom stereocenters. The number of nitrogens with one attached hydrogen (secondary N) is 1. The van der Waals surface area contributed by atoms with Crippen LogP contribution in [0.3, 0.4) is 0 Å². The van der Waals surface area contributed by atoms with E-state index in [1.165, 1.54) is 21.0 Å². The summed E-state index contributed by atoms with van der Waals surface area (Å²) in [6.45, 7) is 6.37. The maximum atomic E-state index is 3.50. The highest BCUT2D eigenvalue weighted by Gasteiger charge is 2.15. The van der Waals surface area contributed by atoms with E-state index in [1.807, 2.05) is 11.3 Å². The van der Waals surface area contributed by atoms with E-state index in [4.69, 9.17) is 0 Å². The van der Waals surface area contributed by atoms with Crippen LogP contribution in [0.5, 0.6) is 0 Å². The van der Waals surface area contributed by atoms with E-state index < -0.39 is 0 Å². The molecule has 2 nitrogen and oxygen atoms in total. The van der Waals surface area contributed by atoms with E-state index in [-0.39, 0.29) is 0 Å². The molecule has 1 aliphatic rings. The van der Waals surface area contributed by atoms with Gasteiger partial charge in [0.1, 0.15) is 0 Å². The highest BCUT2D eigenvalue weighted by molar-refractivity contribution is 7.12. The Bertz CT molecular complexity index is 547. The van der Waals surface area contributed by atoms with Crippen molar-refractivity contribution in [2.24, 2.45) is 0 Å². The van der Waals surface area contributed by atoms with Crippen molar-refractivity contribution in [3.63, 3.8) is 0 Å². The summed E-state index contributed by atoms with van der Waals surface area (Å²) in [6.07, 6.45) is 1.14. The molecular formula is C16H20N2S. The molecule has 0 fully saturated rings. The lowest BCUT2D eigenvalue weighted by Gasteiger charge is -2.23. The fourth-order valence-electron chi connectivity index (χ4n) is 2.58. The van der Waals surface area contributed by atoms with Gasteiger partial charge in [0.25, 0.3) is 0 Å². The third-order valence-corrected chi connectivity index (χ3v) is 4.83. The average Bonchev–Trinajstić information content (AvgIpc) is 2.80. The van der Waals surface area contributed by atoms with Crippen molar-refractivity contribution < 1.29 is 0 Å². The van der Waals surface area contributed by atoms with Gasteiger partial charge in [0.05, 0.1) is 6.54 Å². The lowest BCUT2D eigenvalue weighted by Crippen LogP contribution is -2.27.